The third-order valence-electron chi connectivity index (χ3n) is 2.94. The van der Waals surface area contributed by atoms with E-state index < -0.39 is 0 Å². The van der Waals surface area contributed by atoms with E-state index in [1.807, 2.05) is 60.7 Å². The number of hydrogen-bond acceptors (Lipinski definition) is 3. The number of anilines is 1. The van der Waals surface area contributed by atoms with Gasteiger partial charge in [0.05, 0.1) is 5.69 Å². The molecule has 1 heterocycles. The molecule has 0 aliphatic heterocycles. The van der Waals surface area contributed by atoms with Crippen LogP contribution in [0.15, 0.2) is 66.7 Å². The van der Waals surface area contributed by atoms with Crippen molar-refractivity contribution in [3.8, 4) is 11.6 Å². The highest BCUT2D eigenvalue weighted by atomic mass is 16.5. The normalized spacial score (nSPS) is 10.4. The summed E-state index contributed by atoms with van der Waals surface area (Å²) in [5, 5.41) is 4.36. The number of nitrogens with zero attached hydrogens (tertiary/aromatic N) is 2. The molecule has 0 aliphatic rings. The highest BCUT2D eigenvalue weighted by Crippen LogP contribution is 2.19. The maximum atomic E-state index is 5.96. The van der Waals surface area contributed by atoms with E-state index in [0.717, 1.165) is 11.3 Å². The molecule has 0 radical (unpaired) electrons. The molecular weight excluding hydrogens is 250 g/mol. The Bertz CT molecular complexity index is 677. The quantitative estimate of drug-likeness (QED) is 0.789. The molecule has 0 atom stereocenters. The molecule has 3 rings (SSSR count). The average Bonchev–Trinajstić information content (AvgIpc) is 2.88. The molecular formula is C16H15N3O. The fourth-order valence-electron chi connectivity index (χ4n) is 1.95. The molecule has 0 unspecified atom stereocenters. The van der Waals surface area contributed by atoms with Crippen LogP contribution in [0.2, 0.25) is 0 Å². The SMILES string of the molecule is Nc1cc(OCc2ccccc2)nn1-c1ccccc1. The molecule has 4 heteroatoms. The molecule has 2 aromatic carbocycles. The predicted molar refractivity (Wildman–Crippen MR) is 78.8 cm³/mol. The van der Waals surface area contributed by atoms with Gasteiger partial charge in [-0.05, 0) is 17.7 Å². The molecule has 0 saturated carbocycles. The van der Waals surface area contributed by atoms with Gasteiger partial charge in [-0.2, -0.15) is 0 Å². The van der Waals surface area contributed by atoms with Crippen LogP contribution in [-0.4, -0.2) is 9.78 Å². The first-order valence-corrected chi connectivity index (χ1v) is 6.40. The lowest BCUT2D eigenvalue weighted by molar-refractivity contribution is 0.292. The van der Waals surface area contributed by atoms with E-state index in [-0.39, 0.29) is 0 Å². The van der Waals surface area contributed by atoms with E-state index >= 15 is 0 Å². The number of hydrogen-bond donors (Lipinski definition) is 1. The van der Waals surface area contributed by atoms with Crippen LogP contribution < -0.4 is 10.5 Å². The van der Waals surface area contributed by atoms with E-state index in [9.17, 15) is 0 Å². The minimum absolute atomic E-state index is 0.478. The van der Waals surface area contributed by atoms with Crippen LogP contribution in [0.1, 0.15) is 5.56 Å². The monoisotopic (exact) mass is 265 g/mol. The zero-order chi connectivity index (χ0) is 13.8. The second kappa shape index (κ2) is 5.48. The fourth-order valence-corrected chi connectivity index (χ4v) is 1.95. The van der Waals surface area contributed by atoms with Gasteiger partial charge in [0.25, 0.3) is 0 Å². The van der Waals surface area contributed by atoms with Crippen LogP contribution in [0.5, 0.6) is 5.88 Å². The summed E-state index contributed by atoms with van der Waals surface area (Å²) in [6.07, 6.45) is 0. The van der Waals surface area contributed by atoms with Gasteiger partial charge in [0, 0.05) is 6.07 Å². The minimum Gasteiger partial charge on any atom is -0.472 e. The summed E-state index contributed by atoms with van der Waals surface area (Å²) in [5.41, 5.74) is 7.98. The van der Waals surface area contributed by atoms with E-state index in [1.54, 1.807) is 10.7 Å². The van der Waals surface area contributed by atoms with Crippen LogP contribution in [-0.2, 0) is 6.61 Å². The van der Waals surface area contributed by atoms with E-state index in [0.29, 0.717) is 18.3 Å². The summed E-state index contributed by atoms with van der Waals surface area (Å²) < 4.78 is 7.33. The second-order valence-corrected chi connectivity index (χ2v) is 4.43. The number of benzene rings is 2. The Hall–Kier alpha value is -2.75. The van der Waals surface area contributed by atoms with E-state index in [4.69, 9.17) is 10.5 Å². The van der Waals surface area contributed by atoms with Gasteiger partial charge in [-0.25, -0.2) is 4.68 Å². The van der Waals surface area contributed by atoms with Gasteiger partial charge in [-0.3, -0.25) is 0 Å². The number of aromatic nitrogens is 2. The molecule has 0 saturated heterocycles. The molecule has 0 fully saturated rings. The maximum Gasteiger partial charge on any atom is 0.235 e. The average molecular weight is 265 g/mol. The highest BCUT2D eigenvalue weighted by molar-refractivity contribution is 5.44. The number of nitrogen functional groups attached to an aromatic ring is 1. The lowest BCUT2D eigenvalue weighted by Crippen LogP contribution is -2.01. The Labute approximate surface area is 117 Å². The fraction of sp³-hybridized carbons (Fsp3) is 0.0625. The molecule has 0 aliphatic carbocycles. The van der Waals surface area contributed by atoms with Crippen molar-refractivity contribution >= 4 is 5.82 Å². The molecule has 0 spiro atoms. The van der Waals surface area contributed by atoms with Crippen LogP contribution in [0.4, 0.5) is 5.82 Å². The van der Waals surface area contributed by atoms with Crippen LogP contribution in [0, 0.1) is 0 Å². The first kappa shape index (κ1) is 12.3. The van der Waals surface area contributed by atoms with Crippen molar-refractivity contribution < 1.29 is 4.74 Å². The molecule has 2 N–H and O–H groups in total. The summed E-state index contributed by atoms with van der Waals surface area (Å²) >= 11 is 0. The Kier molecular flexibility index (Phi) is 3.37. The number of rotatable bonds is 4. The molecule has 100 valence electrons. The van der Waals surface area contributed by atoms with Crippen molar-refractivity contribution in [2.75, 3.05) is 5.73 Å². The van der Waals surface area contributed by atoms with Crippen molar-refractivity contribution in [2.45, 2.75) is 6.61 Å². The first-order valence-electron chi connectivity index (χ1n) is 6.40. The maximum absolute atomic E-state index is 5.96. The standard InChI is InChI=1S/C16H15N3O/c17-15-11-16(20-12-13-7-3-1-4-8-13)18-19(15)14-9-5-2-6-10-14/h1-11H,12,17H2. The summed E-state index contributed by atoms with van der Waals surface area (Å²) in [6.45, 7) is 0.478. The van der Waals surface area contributed by atoms with Crippen LogP contribution in [0.25, 0.3) is 5.69 Å². The van der Waals surface area contributed by atoms with Gasteiger partial charge >= 0.3 is 0 Å². The Balaban J connectivity index is 1.76. The molecule has 0 bridgehead atoms. The lowest BCUT2D eigenvalue weighted by Gasteiger charge is -2.03. The summed E-state index contributed by atoms with van der Waals surface area (Å²) in [4.78, 5) is 0. The van der Waals surface area contributed by atoms with E-state index in [2.05, 4.69) is 5.10 Å². The molecule has 0 amide bonds. The van der Waals surface area contributed by atoms with Gasteiger partial charge in [0.2, 0.25) is 5.88 Å². The van der Waals surface area contributed by atoms with Crippen molar-refractivity contribution in [3.63, 3.8) is 0 Å². The Morgan fingerprint density at radius 1 is 0.950 bits per heavy atom. The summed E-state index contributed by atoms with van der Waals surface area (Å²) in [7, 11) is 0. The van der Waals surface area contributed by atoms with Gasteiger partial charge in [-0.15, -0.1) is 5.10 Å². The minimum atomic E-state index is 0.478. The highest BCUT2D eigenvalue weighted by Gasteiger charge is 2.07. The second-order valence-electron chi connectivity index (χ2n) is 4.43. The van der Waals surface area contributed by atoms with Crippen molar-refractivity contribution in [2.24, 2.45) is 0 Å². The topological polar surface area (TPSA) is 53.1 Å². The zero-order valence-corrected chi connectivity index (χ0v) is 10.9. The molecule has 3 aromatic rings. The van der Waals surface area contributed by atoms with Crippen LogP contribution in [0.3, 0.4) is 0 Å². The predicted octanol–water partition coefficient (Wildman–Crippen LogP) is 3.03. The smallest absolute Gasteiger partial charge is 0.235 e. The molecule has 20 heavy (non-hydrogen) atoms. The van der Waals surface area contributed by atoms with Gasteiger partial charge in [-0.1, -0.05) is 48.5 Å². The Morgan fingerprint density at radius 3 is 2.30 bits per heavy atom. The van der Waals surface area contributed by atoms with Gasteiger partial charge < -0.3 is 10.5 Å². The number of ether oxygens (including phenoxy) is 1. The third kappa shape index (κ3) is 2.64. The van der Waals surface area contributed by atoms with Gasteiger partial charge in [0.1, 0.15) is 12.4 Å². The van der Waals surface area contributed by atoms with Crippen molar-refractivity contribution in [1.82, 2.24) is 9.78 Å². The van der Waals surface area contributed by atoms with Crippen molar-refractivity contribution in [1.29, 1.82) is 0 Å². The zero-order valence-electron chi connectivity index (χ0n) is 10.9. The lowest BCUT2D eigenvalue weighted by atomic mass is 10.2. The van der Waals surface area contributed by atoms with E-state index in [1.165, 1.54) is 0 Å². The van der Waals surface area contributed by atoms with Crippen molar-refractivity contribution in [3.05, 3.63) is 72.3 Å². The first-order chi connectivity index (χ1) is 9.83. The van der Waals surface area contributed by atoms with Crippen LogP contribution >= 0.6 is 0 Å². The van der Waals surface area contributed by atoms with Gasteiger partial charge in [0.15, 0.2) is 0 Å². The largest absolute Gasteiger partial charge is 0.472 e. The Morgan fingerprint density at radius 2 is 1.60 bits per heavy atom. The summed E-state index contributed by atoms with van der Waals surface area (Å²) in [5.74, 6) is 1.08. The third-order valence-corrected chi connectivity index (χ3v) is 2.94. The number of nitrogens with two attached hydrogens (primary N) is 1. The molecule has 4 nitrogen and oxygen atoms in total. The summed E-state index contributed by atoms with van der Waals surface area (Å²) in [6, 6.07) is 21.4. The molecule has 1 aromatic heterocycles. The number of para-hydroxylation sites is 1.